The van der Waals surface area contributed by atoms with Crippen molar-refractivity contribution >= 4 is 28.7 Å². The second kappa shape index (κ2) is 9.25. The molecular formula is C27H30F3N5O2. The molecule has 2 fully saturated rings. The van der Waals surface area contributed by atoms with Crippen molar-refractivity contribution in [3.8, 4) is 0 Å². The number of amides is 1. The highest BCUT2D eigenvalue weighted by molar-refractivity contribution is 6.24. The number of anilines is 1. The topological polar surface area (TPSA) is 93.2 Å². The van der Waals surface area contributed by atoms with E-state index in [4.69, 9.17) is 10.8 Å². The number of rotatable bonds is 5. The Morgan fingerprint density at radius 1 is 1.14 bits per heavy atom. The molecule has 3 heterocycles. The number of carbonyl (C=O) groups is 2. The second-order valence-corrected chi connectivity index (χ2v) is 10.4. The van der Waals surface area contributed by atoms with Crippen LogP contribution >= 0.6 is 0 Å². The van der Waals surface area contributed by atoms with E-state index in [1.54, 1.807) is 0 Å². The molecule has 0 unspecified atom stereocenters. The van der Waals surface area contributed by atoms with Crippen molar-refractivity contribution in [3.05, 3.63) is 59.4 Å². The summed E-state index contributed by atoms with van der Waals surface area (Å²) in [4.78, 5) is 24.3. The Morgan fingerprint density at radius 3 is 2.46 bits per heavy atom. The van der Waals surface area contributed by atoms with Crippen molar-refractivity contribution in [2.45, 2.75) is 43.8 Å². The Labute approximate surface area is 212 Å². The summed E-state index contributed by atoms with van der Waals surface area (Å²) in [5.74, 6) is -0.0160. The predicted molar refractivity (Wildman–Crippen MR) is 134 cm³/mol. The molecule has 37 heavy (non-hydrogen) atoms. The molecule has 1 aromatic heterocycles. The van der Waals surface area contributed by atoms with Crippen molar-refractivity contribution in [1.82, 2.24) is 14.7 Å². The van der Waals surface area contributed by atoms with Gasteiger partial charge in [-0.25, -0.2) is 0 Å². The summed E-state index contributed by atoms with van der Waals surface area (Å²) in [5, 5.41) is 9.81. The van der Waals surface area contributed by atoms with Crippen LogP contribution in [0.3, 0.4) is 0 Å². The predicted octanol–water partition coefficient (Wildman–Crippen LogP) is 4.10. The van der Waals surface area contributed by atoms with Crippen LogP contribution in [0.1, 0.15) is 47.2 Å². The van der Waals surface area contributed by atoms with Gasteiger partial charge in [0.25, 0.3) is 5.91 Å². The van der Waals surface area contributed by atoms with E-state index in [1.165, 1.54) is 11.1 Å². The van der Waals surface area contributed by atoms with Gasteiger partial charge in [-0.3, -0.25) is 9.48 Å². The summed E-state index contributed by atoms with van der Waals surface area (Å²) in [7, 11) is 2.16. The maximum absolute atomic E-state index is 12.1. The number of aldehydes is 1. The van der Waals surface area contributed by atoms with Crippen LogP contribution in [0.5, 0.6) is 0 Å². The zero-order chi connectivity index (χ0) is 26.4. The first-order chi connectivity index (χ1) is 17.6. The molecule has 1 saturated carbocycles. The molecule has 10 heteroatoms. The fraction of sp³-hybridized carbons (Fsp3) is 0.444. The lowest BCUT2D eigenvalue weighted by atomic mass is 9.88. The van der Waals surface area contributed by atoms with Crippen molar-refractivity contribution in [1.29, 1.82) is 0 Å². The molecule has 6 rings (SSSR count). The van der Waals surface area contributed by atoms with Crippen LogP contribution < -0.4 is 11.1 Å². The number of nitrogens with one attached hydrogen (secondary N) is 1. The van der Waals surface area contributed by atoms with Crippen molar-refractivity contribution in [2.75, 3.05) is 32.0 Å². The molecule has 1 saturated heterocycles. The smallest absolute Gasteiger partial charge is 0.328 e. The van der Waals surface area contributed by atoms with Gasteiger partial charge in [0, 0.05) is 48.9 Å². The van der Waals surface area contributed by atoms with Gasteiger partial charge in [0.2, 0.25) is 0 Å². The second-order valence-electron chi connectivity index (χ2n) is 10.4. The number of aromatic nitrogens is 2. The van der Waals surface area contributed by atoms with E-state index in [0.29, 0.717) is 6.54 Å². The summed E-state index contributed by atoms with van der Waals surface area (Å²) in [6.07, 6.45) is 2.59. The Hall–Kier alpha value is -3.24. The van der Waals surface area contributed by atoms with E-state index in [0.717, 1.165) is 54.4 Å². The Morgan fingerprint density at radius 2 is 1.86 bits per heavy atom. The molecule has 0 radical (unpaired) electrons. The number of carbonyl (C=O) groups excluding carboxylic acids is 2. The van der Waals surface area contributed by atoms with E-state index < -0.39 is 11.6 Å². The summed E-state index contributed by atoms with van der Waals surface area (Å²) >= 11 is 0. The highest BCUT2D eigenvalue weighted by Gasteiger charge is 2.63. The van der Waals surface area contributed by atoms with Crippen LogP contribution in [0.15, 0.2) is 42.7 Å². The van der Waals surface area contributed by atoms with E-state index in [-0.39, 0.29) is 30.6 Å². The quantitative estimate of drug-likeness (QED) is 0.501. The SMILES string of the molecule is CN1CCC(CN)(n2cc(Cc3ccc4c5c(cccc35)C(=O)N4)cn2)CC1.O=CC1(C(F)(F)F)CC1. The van der Waals surface area contributed by atoms with Crippen LogP contribution in [0, 0.1) is 5.41 Å². The zero-order valence-electron chi connectivity index (χ0n) is 20.6. The largest absolute Gasteiger partial charge is 0.401 e. The molecule has 0 spiro atoms. The van der Waals surface area contributed by atoms with E-state index in [1.807, 2.05) is 24.4 Å². The Bertz CT molecular complexity index is 1340. The molecule has 3 N–H and O–H groups in total. The van der Waals surface area contributed by atoms with Crippen LogP contribution in [-0.4, -0.2) is 59.7 Å². The van der Waals surface area contributed by atoms with E-state index >= 15 is 0 Å². The number of alkyl halides is 3. The Kier molecular flexibility index (Phi) is 6.35. The van der Waals surface area contributed by atoms with Gasteiger partial charge in [0.05, 0.1) is 11.7 Å². The Balaban J connectivity index is 0.000000265. The number of hydrogen-bond donors (Lipinski definition) is 2. The maximum atomic E-state index is 12.1. The fourth-order valence-corrected chi connectivity index (χ4v) is 5.20. The summed E-state index contributed by atoms with van der Waals surface area (Å²) in [6.45, 7) is 2.70. The van der Waals surface area contributed by atoms with Gasteiger partial charge >= 0.3 is 6.18 Å². The molecule has 3 aliphatic rings. The number of benzene rings is 2. The average Bonchev–Trinajstić information content (AvgIpc) is 3.47. The third kappa shape index (κ3) is 4.53. The summed E-state index contributed by atoms with van der Waals surface area (Å²) < 4.78 is 37.1. The van der Waals surface area contributed by atoms with Gasteiger partial charge < -0.3 is 20.7 Å². The van der Waals surface area contributed by atoms with Crippen molar-refractivity contribution < 1.29 is 22.8 Å². The number of hydrogen-bond acceptors (Lipinski definition) is 5. The molecule has 2 aliphatic heterocycles. The maximum Gasteiger partial charge on any atom is 0.401 e. The highest BCUT2D eigenvalue weighted by Crippen LogP contribution is 2.55. The first kappa shape index (κ1) is 25.4. The number of likely N-dealkylation sites (tertiary alicyclic amines) is 1. The monoisotopic (exact) mass is 513 g/mol. The minimum Gasteiger partial charge on any atom is -0.328 e. The molecule has 0 bridgehead atoms. The van der Waals surface area contributed by atoms with Crippen LogP contribution in [0.4, 0.5) is 18.9 Å². The number of piperidine rings is 1. The molecular weight excluding hydrogens is 483 g/mol. The summed E-state index contributed by atoms with van der Waals surface area (Å²) in [5.41, 5.74) is 8.20. The number of nitrogens with two attached hydrogens (primary N) is 1. The molecule has 196 valence electrons. The minimum absolute atomic E-state index is 0.00694. The lowest BCUT2D eigenvalue weighted by molar-refractivity contribution is -0.183. The molecule has 3 aromatic rings. The van der Waals surface area contributed by atoms with Gasteiger partial charge in [-0.1, -0.05) is 18.2 Å². The third-order valence-electron chi connectivity index (χ3n) is 8.02. The fourth-order valence-electron chi connectivity index (χ4n) is 5.20. The first-order valence-electron chi connectivity index (χ1n) is 12.4. The lowest BCUT2D eigenvalue weighted by Crippen LogP contribution is -2.49. The van der Waals surface area contributed by atoms with Gasteiger partial charge in [-0.15, -0.1) is 0 Å². The van der Waals surface area contributed by atoms with E-state index in [2.05, 4.69) is 40.3 Å². The standard InChI is InChI=1S/C22H25N5O.C5H5F3O/c1-26-9-7-22(14-23,8-10-26)27-13-15(12-24-27)11-16-5-6-19-20-17(16)3-2-4-18(20)21(28)25-19;6-5(7,8)4(3-9)1-2-4/h2-6,12-13H,7-11,14,23H2,1H3,(H,25,28);3H,1-2H2. The summed E-state index contributed by atoms with van der Waals surface area (Å²) in [6, 6.07) is 10.1. The normalized spacial score (nSPS) is 19.8. The minimum atomic E-state index is -4.31. The third-order valence-corrected chi connectivity index (χ3v) is 8.02. The van der Waals surface area contributed by atoms with Crippen LogP contribution in [0.2, 0.25) is 0 Å². The van der Waals surface area contributed by atoms with Crippen LogP contribution in [0.25, 0.3) is 10.8 Å². The molecule has 0 atom stereocenters. The van der Waals surface area contributed by atoms with Gasteiger partial charge in [0.1, 0.15) is 11.7 Å². The lowest BCUT2D eigenvalue weighted by Gasteiger charge is -2.40. The zero-order valence-corrected chi connectivity index (χ0v) is 20.6. The van der Waals surface area contributed by atoms with Crippen molar-refractivity contribution in [3.63, 3.8) is 0 Å². The molecule has 7 nitrogen and oxygen atoms in total. The number of halogens is 3. The average molecular weight is 514 g/mol. The molecule has 1 aliphatic carbocycles. The highest BCUT2D eigenvalue weighted by atomic mass is 19.4. The van der Waals surface area contributed by atoms with Gasteiger partial charge in [-0.2, -0.15) is 18.3 Å². The first-order valence-corrected chi connectivity index (χ1v) is 12.4. The molecule has 2 aromatic carbocycles. The van der Waals surface area contributed by atoms with E-state index in [9.17, 15) is 22.8 Å². The van der Waals surface area contributed by atoms with Crippen LogP contribution in [-0.2, 0) is 16.8 Å². The molecule has 1 amide bonds. The number of nitrogens with zero attached hydrogens (tertiary/aromatic N) is 3. The van der Waals surface area contributed by atoms with Gasteiger partial charge in [-0.05, 0) is 61.4 Å². The van der Waals surface area contributed by atoms with Crippen molar-refractivity contribution in [2.24, 2.45) is 11.1 Å². The van der Waals surface area contributed by atoms with Gasteiger partial charge in [0.15, 0.2) is 0 Å².